The van der Waals surface area contributed by atoms with E-state index in [4.69, 9.17) is 5.73 Å². The van der Waals surface area contributed by atoms with Gasteiger partial charge in [0.15, 0.2) is 0 Å². The zero-order valence-electron chi connectivity index (χ0n) is 9.46. The zero-order valence-corrected chi connectivity index (χ0v) is 10.3. The summed E-state index contributed by atoms with van der Waals surface area (Å²) in [7, 11) is 0. The van der Waals surface area contributed by atoms with Crippen molar-refractivity contribution in [3.05, 3.63) is 29.8 Å². The molecular weight excluding hydrogens is 269 g/mol. The number of halogens is 4. The van der Waals surface area contributed by atoms with Crippen LogP contribution in [0, 0.1) is 0 Å². The van der Waals surface area contributed by atoms with Crippen LogP contribution in [0.2, 0.25) is 0 Å². The van der Waals surface area contributed by atoms with Gasteiger partial charge >= 0.3 is 6.18 Å². The molecule has 3 N–H and O–H groups in total. The van der Waals surface area contributed by atoms with E-state index in [0.29, 0.717) is 0 Å². The van der Waals surface area contributed by atoms with Crippen molar-refractivity contribution in [2.45, 2.75) is 19.0 Å². The van der Waals surface area contributed by atoms with Crippen LogP contribution in [0.5, 0.6) is 0 Å². The molecule has 1 aromatic carbocycles. The molecule has 1 rings (SSSR count). The second-order valence-electron chi connectivity index (χ2n) is 3.54. The van der Waals surface area contributed by atoms with Crippen LogP contribution >= 0.6 is 12.4 Å². The van der Waals surface area contributed by atoms with Gasteiger partial charge in [-0.2, -0.15) is 13.2 Å². The third-order valence-corrected chi connectivity index (χ3v) is 2.05. The summed E-state index contributed by atoms with van der Waals surface area (Å²) in [5.41, 5.74) is 5.41. The normalized spacial score (nSPS) is 10.7. The number of carbonyl (C=O) groups is 1. The Kier molecular flexibility index (Phi) is 6.72. The molecule has 0 aliphatic rings. The van der Waals surface area contributed by atoms with Gasteiger partial charge in [0.1, 0.15) is 0 Å². The molecule has 102 valence electrons. The molecule has 0 unspecified atom stereocenters. The number of carbonyl (C=O) groups excluding carboxylic acids is 1. The Morgan fingerprint density at radius 3 is 2.44 bits per heavy atom. The van der Waals surface area contributed by atoms with E-state index in [9.17, 15) is 18.0 Å². The van der Waals surface area contributed by atoms with Gasteiger partial charge in [0, 0.05) is 18.7 Å². The van der Waals surface area contributed by atoms with Crippen molar-refractivity contribution in [1.82, 2.24) is 0 Å². The summed E-state index contributed by atoms with van der Waals surface area (Å²) >= 11 is 0. The summed E-state index contributed by atoms with van der Waals surface area (Å²) in [6, 6.07) is 5.85. The standard InChI is InChI=1S/C11H13F3N2O.ClH/c12-11(13,14)7-8-3-1-2-4-9(8)16-10(17)5-6-15;/h1-4H,5-7,15H2,(H,16,17);1H. The lowest BCUT2D eigenvalue weighted by molar-refractivity contribution is -0.127. The number of benzene rings is 1. The summed E-state index contributed by atoms with van der Waals surface area (Å²) in [4.78, 5) is 11.3. The number of nitrogens with one attached hydrogen (secondary N) is 1. The highest BCUT2D eigenvalue weighted by molar-refractivity contribution is 5.91. The molecule has 0 aromatic heterocycles. The molecule has 1 amide bonds. The van der Waals surface area contributed by atoms with Gasteiger partial charge in [-0.05, 0) is 11.6 Å². The maximum Gasteiger partial charge on any atom is 0.393 e. The van der Waals surface area contributed by atoms with Crippen molar-refractivity contribution < 1.29 is 18.0 Å². The first-order valence-corrected chi connectivity index (χ1v) is 5.07. The topological polar surface area (TPSA) is 55.1 Å². The molecule has 1 aromatic rings. The molecule has 0 fully saturated rings. The molecular formula is C11H14ClF3N2O. The average molecular weight is 283 g/mol. The van der Waals surface area contributed by atoms with Crippen LogP contribution in [-0.4, -0.2) is 18.6 Å². The lowest BCUT2D eigenvalue weighted by atomic mass is 10.1. The minimum Gasteiger partial charge on any atom is -0.330 e. The third kappa shape index (κ3) is 5.88. The second kappa shape index (κ2) is 7.23. The van der Waals surface area contributed by atoms with Gasteiger partial charge in [-0.1, -0.05) is 18.2 Å². The monoisotopic (exact) mass is 282 g/mol. The number of rotatable bonds is 4. The highest BCUT2D eigenvalue weighted by atomic mass is 35.5. The predicted octanol–water partition coefficient (Wildman–Crippen LogP) is 2.50. The lowest BCUT2D eigenvalue weighted by Gasteiger charge is -2.12. The van der Waals surface area contributed by atoms with Crippen LogP contribution in [0.1, 0.15) is 12.0 Å². The molecule has 0 radical (unpaired) electrons. The van der Waals surface area contributed by atoms with Gasteiger partial charge in [0.25, 0.3) is 0 Å². The van der Waals surface area contributed by atoms with Crippen LogP contribution in [0.15, 0.2) is 24.3 Å². The largest absolute Gasteiger partial charge is 0.393 e. The Labute approximate surface area is 109 Å². The molecule has 0 aliphatic heterocycles. The van der Waals surface area contributed by atoms with Crippen molar-refractivity contribution in [2.24, 2.45) is 5.73 Å². The number of para-hydroxylation sites is 1. The number of alkyl halides is 3. The summed E-state index contributed by atoms with van der Waals surface area (Å²) in [5.74, 6) is -0.387. The van der Waals surface area contributed by atoms with Crippen LogP contribution in [0.4, 0.5) is 18.9 Å². The highest BCUT2D eigenvalue weighted by Crippen LogP contribution is 2.25. The number of amides is 1. The van der Waals surface area contributed by atoms with Crippen molar-refractivity contribution >= 4 is 24.0 Å². The first kappa shape index (κ1) is 16.7. The van der Waals surface area contributed by atoms with E-state index in [1.165, 1.54) is 18.2 Å². The van der Waals surface area contributed by atoms with E-state index >= 15 is 0 Å². The minimum absolute atomic E-state index is 0. The fraction of sp³-hybridized carbons (Fsp3) is 0.364. The van der Waals surface area contributed by atoms with Gasteiger partial charge < -0.3 is 11.1 Å². The van der Waals surface area contributed by atoms with Crippen molar-refractivity contribution in [3.8, 4) is 0 Å². The smallest absolute Gasteiger partial charge is 0.330 e. The number of anilines is 1. The molecule has 0 spiro atoms. The maximum atomic E-state index is 12.3. The van der Waals surface area contributed by atoms with E-state index in [-0.39, 0.29) is 42.5 Å². The fourth-order valence-corrected chi connectivity index (χ4v) is 1.36. The first-order chi connectivity index (χ1) is 7.92. The van der Waals surface area contributed by atoms with E-state index in [2.05, 4.69) is 5.32 Å². The summed E-state index contributed by atoms with van der Waals surface area (Å²) in [5, 5.41) is 2.42. The van der Waals surface area contributed by atoms with Crippen LogP contribution < -0.4 is 11.1 Å². The van der Waals surface area contributed by atoms with E-state index in [1.54, 1.807) is 6.07 Å². The first-order valence-electron chi connectivity index (χ1n) is 5.07. The van der Waals surface area contributed by atoms with E-state index in [0.717, 1.165) is 0 Å². The quantitative estimate of drug-likeness (QED) is 0.891. The molecule has 18 heavy (non-hydrogen) atoms. The van der Waals surface area contributed by atoms with E-state index < -0.39 is 12.6 Å². The van der Waals surface area contributed by atoms with Crippen LogP contribution in [0.25, 0.3) is 0 Å². The minimum atomic E-state index is -4.30. The Bertz CT molecular complexity index is 396. The lowest BCUT2D eigenvalue weighted by Crippen LogP contribution is -2.19. The molecule has 7 heteroatoms. The molecule has 0 saturated heterocycles. The Morgan fingerprint density at radius 1 is 1.28 bits per heavy atom. The molecule has 0 atom stereocenters. The van der Waals surface area contributed by atoms with Gasteiger partial charge in [-0.15, -0.1) is 12.4 Å². The van der Waals surface area contributed by atoms with Crippen molar-refractivity contribution in [2.75, 3.05) is 11.9 Å². The Morgan fingerprint density at radius 2 is 1.89 bits per heavy atom. The molecule has 0 aliphatic carbocycles. The molecule has 0 saturated carbocycles. The van der Waals surface area contributed by atoms with Crippen LogP contribution in [0.3, 0.4) is 0 Å². The maximum absolute atomic E-state index is 12.3. The third-order valence-electron chi connectivity index (χ3n) is 2.05. The van der Waals surface area contributed by atoms with Gasteiger partial charge in [-0.3, -0.25) is 4.79 Å². The summed E-state index contributed by atoms with van der Waals surface area (Å²) < 4.78 is 36.8. The molecule has 0 bridgehead atoms. The second-order valence-corrected chi connectivity index (χ2v) is 3.54. The number of hydrogen-bond acceptors (Lipinski definition) is 2. The van der Waals surface area contributed by atoms with Crippen molar-refractivity contribution in [1.29, 1.82) is 0 Å². The van der Waals surface area contributed by atoms with Gasteiger partial charge in [-0.25, -0.2) is 0 Å². The van der Waals surface area contributed by atoms with Gasteiger partial charge in [0.2, 0.25) is 5.91 Å². The van der Waals surface area contributed by atoms with Crippen molar-refractivity contribution in [3.63, 3.8) is 0 Å². The SMILES string of the molecule is Cl.NCCC(=O)Nc1ccccc1CC(F)(F)F. The predicted molar refractivity (Wildman–Crippen MR) is 65.8 cm³/mol. The summed E-state index contributed by atoms with van der Waals surface area (Å²) in [6.45, 7) is 0.160. The molecule has 0 heterocycles. The average Bonchev–Trinajstić information content (AvgIpc) is 2.19. The van der Waals surface area contributed by atoms with Gasteiger partial charge in [0.05, 0.1) is 6.42 Å². The van der Waals surface area contributed by atoms with E-state index in [1.807, 2.05) is 0 Å². The number of hydrogen-bond donors (Lipinski definition) is 2. The number of nitrogens with two attached hydrogens (primary N) is 1. The zero-order chi connectivity index (χ0) is 12.9. The van der Waals surface area contributed by atoms with Crippen LogP contribution in [-0.2, 0) is 11.2 Å². The Hall–Kier alpha value is -1.27. The summed E-state index contributed by atoms with van der Waals surface area (Å²) in [6.07, 6.45) is -5.28. The highest BCUT2D eigenvalue weighted by Gasteiger charge is 2.28. The Balaban J connectivity index is 0.00000289. The molecule has 3 nitrogen and oxygen atoms in total. The fourth-order valence-electron chi connectivity index (χ4n) is 1.36.